The summed E-state index contributed by atoms with van der Waals surface area (Å²) in [4.78, 5) is 13.6. The molecule has 1 aromatic carbocycles. The van der Waals surface area contributed by atoms with Crippen LogP contribution in [0.3, 0.4) is 0 Å². The summed E-state index contributed by atoms with van der Waals surface area (Å²) < 4.78 is 0.272. The molecule has 1 aliphatic heterocycles. The molecule has 0 saturated carbocycles. The number of benzene rings is 1. The lowest BCUT2D eigenvalue weighted by Gasteiger charge is -2.24. The highest BCUT2D eigenvalue weighted by molar-refractivity contribution is 8.00. The fraction of sp³-hybridized carbons (Fsp3) is 0.533. The predicted molar refractivity (Wildman–Crippen MR) is 87.5 cm³/mol. The van der Waals surface area contributed by atoms with E-state index in [4.69, 9.17) is 5.73 Å². The summed E-state index contributed by atoms with van der Waals surface area (Å²) in [7, 11) is 3.50. The smallest absolute Gasteiger partial charge is 0.253 e. The normalized spacial score (nSPS) is 21.8. The molecule has 0 spiro atoms. The molecule has 20 heavy (non-hydrogen) atoms. The number of carbonyl (C=O) groups excluding carboxylic acids is 1. The number of nitrogens with zero attached hydrogens (tertiary/aromatic N) is 1. The molecule has 1 heterocycles. The Balaban J connectivity index is 2.10. The Hall–Kier alpha value is -1.36. The highest BCUT2D eigenvalue weighted by atomic mass is 32.2. The number of rotatable bonds is 4. The summed E-state index contributed by atoms with van der Waals surface area (Å²) in [5.41, 5.74) is 8.20. The number of amides is 1. The summed E-state index contributed by atoms with van der Waals surface area (Å²) in [6.45, 7) is 3.16. The van der Waals surface area contributed by atoms with E-state index >= 15 is 0 Å². The summed E-state index contributed by atoms with van der Waals surface area (Å²) >= 11 is 2.01. The number of hydrogen-bond acceptors (Lipinski definition) is 4. The average molecular weight is 293 g/mol. The zero-order valence-corrected chi connectivity index (χ0v) is 13.2. The van der Waals surface area contributed by atoms with E-state index in [-0.39, 0.29) is 10.7 Å². The number of nitrogens with two attached hydrogens (primary N) is 1. The van der Waals surface area contributed by atoms with Crippen molar-refractivity contribution < 1.29 is 4.79 Å². The first-order valence-electron chi connectivity index (χ1n) is 6.90. The maximum absolute atomic E-state index is 12.0. The van der Waals surface area contributed by atoms with Gasteiger partial charge in [-0.25, -0.2) is 0 Å². The van der Waals surface area contributed by atoms with Crippen LogP contribution in [0.4, 0.5) is 11.4 Å². The highest BCUT2D eigenvalue weighted by Crippen LogP contribution is 2.38. The minimum absolute atomic E-state index is 0.00509. The van der Waals surface area contributed by atoms with Gasteiger partial charge in [0.1, 0.15) is 0 Å². The number of anilines is 2. The monoisotopic (exact) mass is 293 g/mol. The zero-order valence-electron chi connectivity index (χ0n) is 12.4. The molecule has 0 aliphatic carbocycles. The fourth-order valence-corrected chi connectivity index (χ4v) is 3.60. The van der Waals surface area contributed by atoms with Crippen LogP contribution in [0.25, 0.3) is 0 Å². The van der Waals surface area contributed by atoms with E-state index in [9.17, 15) is 4.79 Å². The van der Waals surface area contributed by atoms with Crippen LogP contribution < -0.4 is 11.1 Å². The Morgan fingerprint density at radius 2 is 2.25 bits per heavy atom. The van der Waals surface area contributed by atoms with Gasteiger partial charge in [0.05, 0.1) is 11.4 Å². The molecule has 4 nitrogen and oxygen atoms in total. The van der Waals surface area contributed by atoms with Crippen molar-refractivity contribution in [3.8, 4) is 0 Å². The van der Waals surface area contributed by atoms with E-state index in [2.05, 4.69) is 12.2 Å². The van der Waals surface area contributed by atoms with Crippen molar-refractivity contribution >= 4 is 29.0 Å². The highest BCUT2D eigenvalue weighted by Gasteiger charge is 2.29. The summed E-state index contributed by atoms with van der Waals surface area (Å²) in [6.07, 6.45) is 2.50. The fourth-order valence-electron chi connectivity index (χ4n) is 2.36. The van der Waals surface area contributed by atoms with Crippen LogP contribution in [0.15, 0.2) is 18.2 Å². The SMILES string of the molecule is CN(C)C(=O)c1ccc(N)c(NCC2(C)CCCS2)c1. The number of nitrogen functional groups attached to an aromatic ring is 1. The first-order chi connectivity index (χ1) is 9.41. The van der Waals surface area contributed by atoms with Gasteiger partial charge in [-0.05, 0) is 43.7 Å². The van der Waals surface area contributed by atoms with Crippen molar-refractivity contribution in [2.75, 3.05) is 37.4 Å². The van der Waals surface area contributed by atoms with Crippen LogP contribution in [-0.2, 0) is 0 Å². The third-order valence-corrected chi connectivity index (χ3v) is 5.20. The van der Waals surface area contributed by atoms with E-state index in [1.54, 1.807) is 31.1 Å². The first-order valence-corrected chi connectivity index (χ1v) is 7.89. The second kappa shape index (κ2) is 5.95. The van der Waals surface area contributed by atoms with Crippen LogP contribution >= 0.6 is 11.8 Å². The molecule has 0 bridgehead atoms. The number of hydrogen-bond donors (Lipinski definition) is 2. The quantitative estimate of drug-likeness (QED) is 0.838. The van der Waals surface area contributed by atoms with Crippen LogP contribution in [0, 0.1) is 0 Å². The molecule has 2 rings (SSSR count). The lowest BCUT2D eigenvalue weighted by molar-refractivity contribution is 0.0827. The topological polar surface area (TPSA) is 58.4 Å². The molecular formula is C15H23N3OS. The largest absolute Gasteiger partial charge is 0.397 e. The van der Waals surface area contributed by atoms with Gasteiger partial charge in [0, 0.05) is 31.0 Å². The van der Waals surface area contributed by atoms with E-state index < -0.39 is 0 Å². The van der Waals surface area contributed by atoms with Crippen molar-refractivity contribution in [3.63, 3.8) is 0 Å². The van der Waals surface area contributed by atoms with Gasteiger partial charge in [-0.15, -0.1) is 0 Å². The van der Waals surface area contributed by atoms with Gasteiger partial charge < -0.3 is 16.0 Å². The maximum Gasteiger partial charge on any atom is 0.253 e. The van der Waals surface area contributed by atoms with Crippen molar-refractivity contribution in [3.05, 3.63) is 23.8 Å². The van der Waals surface area contributed by atoms with Crippen molar-refractivity contribution in [2.45, 2.75) is 24.5 Å². The van der Waals surface area contributed by atoms with Gasteiger partial charge in [-0.3, -0.25) is 4.79 Å². The van der Waals surface area contributed by atoms with Gasteiger partial charge in [0.25, 0.3) is 5.91 Å². The van der Waals surface area contributed by atoms with E-state index in [1.807, 2.05) is 17.8 Å². The van der Waals surface area contributed by atoms with Crippen LogP contribution in [0.2, 0.25) is 0 Å². The van der Waals surface area contributed by atoms with Gasteiger partial charge in [0.2, 0.25) is 0 Å². The Labute approximate surface area is 125 Å². The van der Waals surface area contributed by atoms with Crippen molar-refractivity contribution in [2.24, 2.45) is 0 Å². The third-order valence-electron chi connectivity index (χ3n) is 3.66. The minimum atomic E-state index is -0.00509. The lowest BCUT2D eigenvalue weighted by atomic mass is 10.1. The van der Waals surface area contributed by atoms with E-state index in [1.165, 1.54) is 18.6 Å². The molecule has 1 aromatic rings. The lowest BCUT2D eigenvalue weighted by Crippen LogP contribution is -2.27. The minimum Gasteiger partial charge on any atom is -0.397 e. The molecule has 1 unspecified atom stereocenters. The second-order valence-electron chi connectivity index (χ2n) is 5.76. The number of carbonyl (C=O) groups is 1. The van der Waals surface area contributed by atoms with Gasteiger partial charge in [0.15, 0.2) is 0 Å². The number of thioether (sulfide) groups is 1. The van der Waals surface area contributed by atoms with E-state index in [0.29, 0.717) is 11.3 Å². The van der Waals surface area contributed by atoms with Crippen LogP contribution in [0.5, 0.6) is 0 Å². The molecule has 1 atom stereocenters. The van der Waals surface area contributed by atoms with Crippen molar-refractivity contribution in [1.29, 1.82) is 0 Å². The molecule has 1 saturated heterocycles. The van der Waals surface area contributed by atoms with Gasteiger partial charge >= 0.3 is 0 Å². The maximum atomic E-state index is 12.0. The zero-order chi connectivity index (χ0) is 14.8. The first kappa shape index (κ1) is 15.0. The van der Waals surface area contributed by atoms with Crippen LogP contribution in [0.1, 0.15) is 30.1 Å². The summed E-state index contributed by atoms with van der Waals surface area (Å²) in [5, 5.41) is 3.41. The Morgan fingerprint density at radius 3 is 2.85 bits per heavy atom. The Morgan fingerprint density at radius 1 is 1.50 bits per heavy atom. The molecule has 1 fully saturated rings. The molecule has 0 aromatic heterocycles. The molecular weight excluding hydrogens is 270 g/mol. The molecule has 0 radical (unpaired) electrons. The molecule has 1 aliphatic rings. The molecule has 1 amide bonds. The average Bonchev–Trinajstić information content (AvgIpc) is 2.84. The molecule has 110 valence electrons. The summed E-state index contributed by atoms with van der Waals surface area (Å²) in [5.74, 6) is 1.22. The van der Waals surface area contributed by atoms with Crippen LogP contribution in [-0.4, -0.2) is 41.9 Å². The Bertz CT molecular complexity index is 496. The molecule has 3 N–H and O–H groups in total. The van der Waals surface area contributed by atoms with Gasteiger partial charge in [-0.1, -0.05) is 0 Å². The number of nitrogens with one attached hydrogen (secondary N) is 1. The Kier molecular flexibility index (Phi) is 4.48. The van der Waals surface area contributed by atoms with Crippen molar-refractivity contribution in [1.82, 2.24) is 4.90 Å². The predicted octanol–water partition coefficient (Wildman–Crippen LogP) is 2.67. The second-order valence-corrected chi connectivity index (χ2v) is 7.44. The van der Waals surface area contributed by atoms with Gasteiger partial charge in [-0.2, -0.15) is 11.8 Å². The summed E-state index contributed by atoms with van der Waals surface area (Å²) in [6, 6.07) is 5.42. The third kappa shape index (κ3) is 3.39. The van der Waals surface area contributed by atoms with E-state index in [0.717, 1.165) is 12.2 Å². The standard InChI is InChI=1S/C15H23N3OS/c1-15(7-4-8-20-15)10-17-13-9-11(5-6-12(13)16)14(19)18(2)3/h5-6,9,17H,4,7-8,10,16H2,1-3H3. The molecule has 5 heteroatoms.